The number of nitrogens with one attached hydrogen (secondary N) is 1. The van der Waals surface area contributed by atoms with E-state index in [1.54, 1.807) is 31.2 Å². The Balaban J connectivity index is 1.85. The first-order chi connectivity index (χ1) is 16.5. The number of benzene rings is 2. The highest BCUT2D eigenvalue weighted by atomic mass is 127. The van der Waals surface area contributed by atoms with Crippen molar-refractivity contribution >= 4 is 50.1 Å². The van der Waals surface area contributed by atoms with Crippen LogP contribution in [0.4, 0.5) is 5.69 Å². The van der Waals surface area contributed by atoms with E-state index in [0.717, 1.165) is 50.9 Å². The van der Waals surface area contributed by atoms with Gasteiger partial charge in [0.2, 0.25) is 21.8 Å². The van der Waals surface area contributed by atoms with Gasteiger partial charge in [0.1, 0.15) is 12.6 Å². The lowest BCUT2D eigenvalue weighted by Crippen LogP contribution is -2.52. The Kier molecular flexibility index (Phi) is 9.57. The number of sulfonamides is 1. The number of carbonyl (C=O) groups is 2. The predicted molar refractivity (Wildman–Crippen MR) is 148 cm³/mol. The molecule has 2 aromatic carbocycles. The monoisotopic (exact) mass is 611 g/mol. The van der Waals surface area contributed by atoms with E-state index in [0.29, 0.717) is 5.69 Å². The Morgan fingerprint density at radius 1 is 1.03 bits per heavy atom. The van der Waals surface area contributed by atoms with E-state index in [2.05, 4.69) is 27.9 Å². The van der Waals surface area contributed by atoms with E-state index in [1.807, 2.05) is 31.2 Å². The molecular formula is C26H34IN3O4S. The maximum atomic E-state index is 13.6. The summed E-state index contributed by atoms with van der Waals surface area (Å²) in [7, 11) is -3.72. The molecule has 1 unspecified atom stereocenters. The summed E-state index contributed by atoms with van der Waals surface area (Å²) in [5, 5.41) is 3.10. The molecule has 3 rings (SSSR count). The molecule has 0 aliphatic heterocycles. The predicted octanol–water partition coefficient (Wildman–Crippen LogP) is 4.23. The Bertz CT molecular complexity index is 1110. The van der Waals surface area contributed by atoms with Crippen molar-refractivity contribution in [3.63, 3.8) is 0 Å². The van der Waals surface area contributed by atoms with E-state index >= 15 is 0 Å². The maximum absolute atomic E-state index is 13.6. The smallest absolute Gasteiger partial charge is 0.244 e. The van der Waals surface area contributed by atoms with Crippen LogP contribution in [0.25, 0.3) is 0 Å². The highest BCUT2D eigenvalue weighted by molar-refractivity contribution is 14.1. The fourth-order valence-corrected chi connectivity index (χ4v) is 5.47. The highest BCUT2D eigenvalue weighted by Gasteiger charge is 2.31. The first kappa shape index (κ1) is 27.4. The summed E-state index contributed by atoms with van der Waals surface area (Å²) in [6.07, 6.45) is 6.33. The third-order valence-electron chi connectivity index (χ3n) is 6.39. The molecule has 190 valence electrons. The molecule has 7 nitrogen and oxygen atoms in total. The van der Waals surface area contributed by atoms with Crippen LogP contribution in [0.15, 0.2) is 48.5 Å². The van der Waals surface area contributed by atoms with Crippen LogP contribution in [-0.4, -0.2) is 50.0 Å². The largest absolute Gasteiger partial charge is 0.352 e. The van der Waals surface area contributed by atoms with Crippen molar-refractivity contribution < 1.29 is 18.0 Å². The van der Waals surface area contributed by atoms with Gasteiger partial charge in [0.25, 0.3) is 0 Å². The molecule has 0 aromatic heterocycles. The van der Waals surface area contributed by atoms with Crippen molar-refractivity contribution in [1.29, 1.82) is 0 Å². The van der Waals surface area contributed by atoms with Gasteiger partial charge in [-0.15, -0.1) is 0 Å². The molecule has 1 saturated carbocycles. The lowest BCUT2D eigenvalue weighted by atomic mass is 9.95. The molecule has 9 heteroatoms. The summed E-state index contributed by atoms with van der Waals surface area (Å²) in [6.45, 7) is 3.52. The lowest BCUT2D eigenvalue weighted by Gasteiger charge is -2.33. The lowest BCUT2D eigenvalue weighted by molar-refractivity contribution is -0.139. The van der Waals surface area contributed by atoms with Crippen molar-refractivity contribution in [2.75, 3.05) is 17.1 Å². The minimum Gasteiger partial charge on any atom is -0.352 e. The molecule has 0 spiro atoms. The summed E-state index contributed by atoms with van der Waals surface area (Å²) in [4.78, 5) is 28.2. The van der Waals surface area contributed by atoms with E-state index in [9.17, 15) is 18.0 Å². The second-order valence-corrected chi connectivity index (χ2v) is 12.4. The number of aryl methyl sites for hydroxylation is 1. The molecule has 0 saturated heterocycles. The van der Waals surface area contributed by atoms with Crippen LogP contribution in [0.5, 0.6) is 0 Å². The third-order valence-corrected chi connectivity index (χ3v) is 8.25. The molecule has 0 radical (unpaired) electrons. The normalized spacial score (nSPS) is 15.3. The van der Waals surface area contributed by atoms with Gasteiger partial charge in [0.15, 0.2) is 0 Å². The molecule has 0 bridgehead atoms. The summed E-state index contributed by atoms with van der Waals surface area (Å²) in [6, 6.07) is 14.1. The van der Waals surface area contributed by atoms with Crippen molar-refractivity contribution in [3.8, 4) is 0 Å². The first-order valence-corrected chi connectivity index (χ1v) is 14.9. The average Bonchev–Trinajstić information content (AvgIpc) is 2.82. The van der Waals surface area contributed by atoms with Gasteiger partial charge in [0, 0.05) is 16.2 Å². The van der Waals surface area contributed by atoms with Crippen molar-refractivity contribution in [3.05, 3.63) is 63.2 Å². The fraction of sp³-hybridized carbons (Fsp3) is 0.462. The van der Waals surface area contributed by atoms with Crippen LogP contribution in [0.1, 0.15) is 50.2 Å². The molecule has 1 N–H and O–H groups in total. The van der Waals surface area contributed by atoms with Crippen molar-refractivity contribution in [1.82, 2.24) is 10.2 Å². The van der Waals surface area contributed by atoms with Crippen LogP contribution in [0.2, 0.25) is 0 Å². The molecule has 0 heterocycles. The zero-order valence-corrected chi connectivity index (χ0v) is 23.5. The van der Waals surface area contributed by atoms with Gasteiger partial charge in [0.05, 0.1) is 11.9 Å². The van der Waals surface area contributed by atoms with Crippen molar-refractivity contribution in [2.24, 2.45) is 0 Å². The number of anilines is 1. The minimum atomic E-state index is -3.72. The average molecular weight is 612 g/mol. The first-order valence-electron chi connectivity index (χ1n) is 11.9. The molecule has 1 aliphatic rings. The van der Waals surface area contributed by atoms with Crippen LogP contribution >= 0.6 is 22.6 Å². The van der Waals surface area contributed by atoms with Crippen LogP contribution in [-0.2, 0) is 26.2 Å². The van der Waals surface area contributed by atoms with Gasteiger partial charge < -0.3 is 10.2 Å². The van der Waals surface area contributed by atoms with E-state index in [1.165, 1.54) is 11.3 Å². The standard InChI is InChI=1S/C26H34IN3O4S/c1-19-9-11-21(12-10-19)17-29(20(2)26(32)28-23-7-5-4-6-8-23)25(31)18-30(35(3,33)34)24-15-13-22(27)14-16-24/h9-16,20,23H,4-8,17-18H2,1-3H3,(H,28,32). The number of nitrogens with zero attached hydrogens (tertiary/aromatic N) is 2. The second kappa shape index (κ2) is 12.2. The fourth-order valence-electron chi connectivity index (χ4n) is 4.26. The van der Waals surface area contributed by atoms with E-state index in [-0.39, 0.29) is 25.0 Å². The Morgan fingerprint density at radius 3 is 2.20 bits per heavy atom. The van der Waals surface area contributed by atoms with Gasteiger partial charge in [-0.2, -0.15) is 0 Å². The zero-order chi connectivity index (χ0) is 25.6. The molecule has 2 amide bonds. The number of halogens is 1. The molecule has 2 aromatic rings. The maximum Gasteiger partial charge on any atom is 0.244 e. The Hall–Kier alpha value is -2.14. The van der Waals surface area contributed by atoms with Crippen LogP contribution < -0.4 is 9.62 Å². The number of amides is 2. The van der Waals surface area contributed by atoms with E-state index in [4.69, 9.17) is 0 Å². The van der Waals surface area contributed by atoms with E-state index < -0.39 is 22.0 Å². The molecular weight excluding hydrogens is 577 g/mol. The van der Waals surface area contributed by atoms with Crippen LogP contribution in [0, 0.1) is 10.5 Å². The number of rotatable bonds is 9. The summed E-state index contributed by atoms with van der Waals surface area (Å²) < 4.78 is 27.3. The Labute approximate surface area is 222 Å². The van der Waals surface area contributed by atoms with Crippen molar-refractivity contribution in [2.45, 2.75) is 64.6 Å². The number of carbonyl (C=O) groups excluding carboxylic acids is 2. The summed E-state index contributed by atoms with van der Waals surface area (Å²) in [5.41, 5.74) is 2.38. The third kappa shape index (κ3) is 7.93. The van der Waals surface area contributed by atoms with Gasteiger partial charge in [-0.1, -0.05) is 49.1 Å². The summed E-state index contributed by atoms with van der Waals surface area (Å²) in [5.74, 6) is -0.640. The SMILES string of the molecule is Cc1ccc(CN(C(=O)CN(c2ccc(I)cc2)S(C)(=O)=O)C(C)C(=O)NC2CCCCC2)cc1. The minimum absolute atomic E-state index is 0.120. The van der Waals surface area contributed by atoms with Gasteiger partial charge in [-0.3, -0.25) is 13.9 Å². The Morgan fingerprint density at radius 2 is 1.63 bits per heavy atom. The molecule has 35 heavy (non-hydrogen) atoms. The number of hydrogen-bond acceptors (Lipinski definition) is 4. The quantitative estimate of drug-likeness (QED) is 0.431. The summed E-state index contributed by atoms with van der Waals surface area (Å²) >= 11 is 2.14. The molecule has 1 atom stereocenters. The van der Waals surface area contributed by atoms with Crippen LogP contribution in [0.3, 0.4) is 0 Å². The second-order valence-electron chi connectivity index (χ2n) is 9.27. The topological polar surface area (TPSA) is 86.8 Å². The van der Waals surface area contributed by atoms with Gasteiger partial charge in [-0.05, 0) is 79.1 Å². The molecule has 1 fully saturated rings. The number of hydrogen-bond donors (Lipinski definition) is 1. The zero-order valence-electron chi connectivity index (χ0n) is 20.5. The highest BCUT2D eigenvalue weighted by Crippen LogP contribution is 2.21. The molecule has 1 aliphatic carbocycles. The van der Waals surface area contributed by atoms with Gasteiger partial charge in [-0.25, -0.2) is 8.42 Å². The van der Waals surface area contributed by atoms with Gasteiger partial charge >= 0.3 is 0 Å².